The van der Waals surface area contributed by atoms with Gasteiger partial charge in [0.25, 0.3) is 0 Å². The fourth-order valence-corrected chi connectivity index (χ4v) is 2.88. The number of halogens is 1. The van der Waals surface area contributed by atoms with Crippen molar-refractivity contribution < 1.29 is 19.0 Å². The Morgan fingerprint density at radius 3 is 2.58 bits per heavy atom. The maximum absolute atomic E-state index is 13.4. The molecule has 2 saturated heterocycles. The van der Waals surface area contributed by atoms with E-state index in [2.05, 4.69) is 0 Å². The molecule has 0 spiro atoms. The number of nitrogen functional groups attached to an aromatic ring is 1. The molecule has 2 fully saturated rings. The van der Waals surface area contributed by atoms with E-state index in [0.717, 1.165) is 12.8 Å². The molecule has 2 bridgehead atoms. The normalized spacial score (nSPS) is 25.6. The Kier molecular flexibility index (Phi) is 2.82. The number of ether oxygens (including phenoxy) is 1. The van der Waals surface area contributed by atoms with E-state index in [0.29, 0.717) is 18.8 Å². The summed E-state index contributed by atoms with van der Waals surface area (Å²) in [5, 5.41) is 9.24. The standard InChI is InChI=1S/C13H15FN2O3/c14-9-3-4-10(11(12(9)15)13(17)18)16-5-7-1-2-8(6-16)19-7/h3-4,7-8H,1-2,5-6,15H2,(H,17,18). The number of carbonyl (C=O) groups is 1. The fourth-order valence-electron chi connectivity index (χ4n) is 2.88. The molecule has 6 heteroatoms. The first-order chi connectivity index (χ1) is 9.06. The maximum Gasteiger partial charge on any atom is 0.340 e. The lowest BCUT2D eigenvalue weighted by Gasteiger charge is -2.34. The van der Waals surface area contributed by atoms with Crippen LogP contribution in [-0.4, -0.2) is 36.4 Å². The highest BCUT2D eigenvalue weighted by Gasteiger charge is 2.35. The lowest BCUT2D eigenvalue weighted by Crippen LogP contribution is -2.43. The molecule has 3 N–H and O–H groups in total. The topological polar surface area (TPSA) is 75.8 Å². The average Bonchev–Trinajstić information content (AvgIpc) is 2.71. The highest BCUT2D eigenvalue weighted by atomic mass is 19.1. The number of fused-ring (bicyclic) bond motifs is 2. The monoisotopic (exact) mass is 266 g/mol. The van der Waals surface area contributed by atoms with E-state index in [-0.39, 0.29) is 23.5 Å². The lowest BCUT2D eigenvalue weighted by molar-refractivity contribution is 0.0303. The van der Waals surface area contributed by atoms with Crippen molar-refractivity contribution in [3.63, 3.8) is 0 Å². The zero-order valence-corrected chi connectivity index (χ0v) is 10.3. The summed E-state index contributed by atoms with van der Waals surface area (Å²) in [6.45, 7) is 1.25. The molecule has 5 nitrogen and oxygen atoms in total. The molecule has 0 amide bonds. The highest BCUT2D eigenvalue weighted by Crippen LogP contribution is 2.34. The molecule has 0 aliphatic carbocycles. The summed E-state index contributed by atoms with van der Waals surface area (Å²) in [5.74, 6) is -1.90. The first-order valence-electron chi connectivity index (χ1n) is 6.28. The number of nitrogens with two attached hydrogens (primary N) is 1. The second-order valence-corrected chi connectivity index (χ2v) is 5.02. The molecule has 1 aromatic carbocycles. The predicted molar refractivity (Wildman–Crippen MR) is 67.9 cm³/mol. The van der Waals surface area contributed by atoms with Crippen LogP contribution >= 0.6 is 0 Å². The SMILES string of the molecule is Nc1c(F)ccc(N2CC3CCC(C2)O3)c1C(=O)O. The second kappa shape index (κ2) is 4.38. The van der Waals surface area contributed by atoms with Crippen LogP contribution in [0.3, 0.4) is 0 Å². The van der Waals surface area contributed by atoms with E-state index in [1.54, 1.807) is 0 Å². The highest BCUT2D eigenvalue weighted by molar-refractivity contribution is 6.00. The largest absolute Gasteiger partial charge is 0.478 e. The Hall–Kier alpha value is -1.82. The van der Waals surface area contributed by atoms with Gasteiger partial charge in [0, 0.05) is 13.1 Å². The summed E-state index contributed by atoms with van der Waals surface area (Å²) in [6, 6.07) is 2.70. The molecule has 2 aliphatic heterocycles. The number of carboxylic acids is 1. The molecular formula is C13H15FN2O3. The minimum absolute atomic E-state index is 0.131. The number of rotatable bonds is 2. The van der Waals surface area contributed by atoms with E-state index in [9.17, 15) is 14.3 Å². The van der Waals surface area contributed by atoms with Gasteiger partial charge in [-0.1, -0.05) is 0 Å². The van der Waals surface area contributed by atoms with Crippen LogP contribution in [0.5, 0.6) is 0 Å². The molecule has 2 atom stereocenters. The van der Waals surface area contributed by atoms with Crippen molar-refractivity contribution in [3.05, 3.63) is 23.5 Å². The van der Waals surface area contributed by atoms with Crippen LogP contribution in [0.25, 0.3) is 0 Å². The van der Waals surface area contributed by atoms with Gasteiger partial charge in [0.05, 0.1) is 23.6 Å². The zero-order chi connectivity index (χ0) is 13.6. The van der Waals surface area contributed by atoms with Crippen molar-refractivity contribution in [3.8, 4) is 0 Å². The maximum atomic E-state index is 13.4. The van der Waals surface area contributed by atoms with E-state index in [1.165, 1.54) is 12.1 Å². The summed E-state index contributed by atoms with van der Waals surface area (Å²) < 4.78 is 19.1. The molecule has 19 heavy (non-hydrogen) atoms. The third kappa shape index (κ3) is 2.02. The van der Waals surface area contributed by atoms with Gasteiger partial charge in [-0.05, 0) is 25.0 Å². The van der Waals surface area contributed by atoms with Gasteiger partial charge in [0.15, 0.2) is 0 Å². The Morgan fingerprint density at radius 1 is 1.37 bits per heavy atom. The summed E-state index contributed by atoms with van der Waals surface area (Å²) >= 11 is 0. The number of hydrogen-bond acceptors (Lipinski definition) is 4. The third-order valence-corrected chi connectivity index (χ3v) is 3.77. The quantitative estimate of drug-likeness (QED) is 0.793. The van der Waals surface area contributed by atoms with Gasteiger partial charge in [0.1, 0.15) is 11.4 Å². The van der Waals surface area contributed by atoms with Crippen molar-refractivity contribution in [2.75, 3.05) is 23.7 Å². The molecular weight excluding hydrogens is 251 g/mol. The second-order valence-electron chi connectivity index (χ2n) is 5.02. The van der Waals surface area contributed by atoms with Gasteiger partial charge in [-0.2, -0.15) is 0 Å². The Labute approximate surface area is 109 Å². The van der Waals surface area contributed by atoms with Crippen LogP contribution in [0.2, 0.25) is 0 Å². The van der Waals surface area contributed by atoms with Crippen LogP contribution in [0.1, 0.15) is 23.2 Å². The lowest BCUT2D eigenvalue weighted by atomic mass is 10.1. The van der Waals surface area contributed by atoms with Crippen LogP contribution in [-0.2, 0) is 4.74 Å². The number of hydrogen-bond donors (Lipinski definition) is 2. The number of morpholine rings is 1. The number of nitrogens with zero attached hydrogens (tertiary/aromatic N) is 1. The smallest absolute Gasteiger partial charge is 0.340 e. The summed E-state index contributed by atoms with van der Waals surface area (Å²) in [6.07, 6.45) is 2.24. The number of aromatic carboxylic acids is 1. The fraction of sp³-hybridized carbons (Fsp3) is 0.462. The van der Waals surface area contributed by atoms with Gasteiger partial charge in [-0.15, -0.1) is 0 Å². The van der Waals surface area contributed by atoms with Crippen LogP contribution in [0.4, 0.5) is 15.8 Å². The molecule has 3 rings (SSSR count). The van der Waals surface area contributed by atoms with Crippen molar-refractivity contribution in [1.29, 1.82) is 0 Å². The predicted octanol–water partition coefficient (Wildman–Crippen LogP) is 1.47. The molecule has 1 aromatic rings. The first-order valence-corrected chi connectivity index (χ1v) is 6.28. The summed E-state index contributed by atoms with van der Waals surface area (Å²) in [7, 11) is 0. The minimum atomic E-state index is -1.20. The molecule has 102 valence electrons. The van der Waals surface area contributed by atoms with E-state index < -0.39 is 11.8 Å². The molecule has 2 unspecified atom stereocenters. The van der Waals surface area contributed by atoms with Crippen LogP contribution in [0, 0.1) is 5.82 Å². The molecule has 2 heterocycles. The minimum Gasteiger partial charge on any atom is -0.478 e. The Balaban J connectivity index is 2.00. The number of benzene rings is 1. The molecule has 0 saturated carbocycles. The van der Waals surface area contributed by atoms with Crippen LogP contribution < -0.4 is 10.6 Å². The molecule has 0 aromatic heterocycles. The van der Waals surface area contributed by atoms with Gasteiger partial charge in [-0.3, -0.25) is 0 Å². The number of carboxylic acid groups (broad SMARTS) is 1. The first kappa shape index (κ1) is 12.2. The van der Waals surface area contributed by atoms with Crippen molar-refractivity contribution >= 4 is 17.3 Å². The van der Waals surface area contributed by atoms with E-state index >= 15 is 0 Å². The van der Waals surface area contributed by atoms with Gasteiger partial charge < -0.3 is 20.5 Å². The zero-order valence-electron chi connectivity index (χ0n) is 10.3. The van der Waals surface area contributed by atoms with Crippen molar-refractivity contribution in [2.45, 2.75) is 25.0 Å². The van der Waals surface area contributed by atoms with Gasteiger partial charge in [0.2, 0.25) is 0 Å². The van der Waals surface area contributed by atoms with Gasteiger partial charge in [-0.25, -0.2) is 9.18 Å². The van der Waals surface area contributed by atoms with Crippen LogP contribution in [0.15, 0.2) is 12.1 Å². The average molecular weight is 266 g/mol. The van der Waals surface area contributed by atoms with Gasteiger partial charge >= 0.3 is 5.97 Å². The Morgan fingerprint density at radius 2 is 2.00 bits per heavy atom. The Bertz CT molecular complexity index is 523. The molecule has 0 radical (unpaired) electrons. The summed E-state index contributed by atoms with van der Waals surface area (Å²) in [5.41, 5.74) is 5.59. The van der Waals surface area contributed by atoms with Crippen molar-refractivity contribution in [1.82, 2.24) is 0 Å². The third-order valence-electron chi connectivity index (χ3n) is 3.77. The summed E-state index contributed by atoms with van der Waals surface area (Å²) in [4.78, 5) is 13.2. The number of anilines is 2. The van der Waals surface area contributed by atoms with E-state index in [4.69, 9.17) is 10.5 Å². The van der Waals surface area contributed by atoms with Crippen molar-refractivity contribution in [2.24, 2.45) is 0 Å². The molecule has 2 aliphatic rings. The van der Waals surface area contributed by atoms with E-state index in [1.807, 2.05) is 4.90 Å².